The minimum absolute atomic E-state index is 0.133. The van der Waals surface area contributed by atoms with Crippen molar-refractivity contribution in [2.24, 2.45) is 0 Å². The van der Waals surface area contributed by atoms with Gasteiger partial charge in [-0.3, -0.25) is 19.3 Å². The number of nitro benzene ring substituents is 1. The lowest BCUT2D eigenvalue weighted by atomic mass is 10.2. The molecule has 0 unspecified atom stereocenters. The summed E-state index contributed by atoms with van der Waals surface area (Å²) in [5.74, 6) is -0.901. The first-order chi connectivity index (χ1) is 13.4. The van der Waals surface area contributed by atoms with Gasteiger partial charge in [0.05, 0.1) is 20.8 Å². The van der Waals surface area contributed by atoms with Gasteiger partial charge >= 0.3 is 5.97 Å². The van der Waals surface area contributed by atoms with E-state index in [1.54, 1.807) is 0 Å². The van der Waals surface area contributed by atoms with E-state index in [4.69, 9.17) is 16.3 Å². The SMILES string of the molecule is O=C(OCc1cc(=O)n2c(n1)sc1ccccc12)c1ccc(Cl)cc1[N+](=O)[O-]. The molecule has 0 spiro atoms. The predicted octanol–water partition coefficient (Wildman–Crippen LogP) is 3.83. The van der Waals surface area contributed by atoms with Crippen molar-refractivity contribution >= 4 is 49.8 Å². The van der Waals surface area contributed by atoms with Gasteiger partial charge < -0.3 is 4.74 Å². The molecule has 0 amide bonds. The number of nitro groups is 1. The van der Waals surface area contributed by atoms with E-state index in [0.717, 1.165) is 16.3 Å². The van der Waals surface area contributed by atoms with Gasteiger partial charge in [-0.25, -0.2) is 9.78 Å². The molecule has 0 aliphatic heterocycles. The van der Waals surface area contributed by atoms with Gasteiger partial charge in [0.2, 0.25) is 0 Å². The molecule has 0 N–H and O–H groups in total. The molecule has 8 nitrogen and oxygen atoms in total. The summed E-state index contributed by atoms with van der Waals surface area (Å²) in [6.07, 6.45) is 0. The highest BCUT2D eigenvalue weighted by Crippen LogP contribution is 2.25. The first kappa shape index (κ1) is 18.1. The van der Waals surface area contributed by atoms with Gasteiger partial charge in [0, 0.05) is 17.2 Å². The molecule has 0 aliphatic rings. The van der Waals surface area contributed by atoms with Crippen molar-refractivity contribution in [3.05, 3.63) is 85.3 Å². The first-order valence-electron chi connectivity index (χ1n) is 7.95. The number of fused-ring (bicyclic) bond motifs is 3. The number of esters is 1. The topological polar surface area (TPSA) is 104 Å². The van der Waals surface area contributed by atoms with Crippen LogP contribution < -0.4 is 5.56 Å². The number of ether oxygens (including phenoxy) is 1. The summed E-state index contributed by atoms with van der Waals surface area (Å²) in [5.41, 5.74) is 0.0207. The molecular weight excluding hydrogens is 406 g/mol. The fraction of sp³-hybridized carbons (Fsp3) is 0.0556. The van der Waals surface area contributed by atoms with Crippen LogP contribution in [-0.2, 0) is 11.3 Å². The van der Waals surface area contributed by atoms with E-state index in [0.29, 0.717) is 4.96 Å². The van der Waals surface area contributed by atoms with Crippen LogP contribution in [0.1, 0.15) is 16.1 Å². The number of hydrogen-bond donors (Lipinski definition) is 0. The minimum atomic E-state index is -0.901. The zero-order valence-electron chi connectivity index (χ0n) is 14.0. The van der Waals surface area contributed by atoms with E-state index in [1.165, 1.54) is 33.9 Å². The van der Waals surface area contributed by atoms with Crippen LogP contribution in [0.5, 0.6) is 0 Å². The van der Waals surface area contributed by atoms with E-state index < -0.39 is 16.6 Å². The molecule has 2 heterocycles. The fourth-order valence-electron chi connectivity index (χ4n) is 2.74. The Morgan fingerprint density at radius 3 is 2.82 bits per heavy atom. The number of benzene rings is 2. The number of hydrogen-bond acceptors (Lipinski definition) is 7. The van der Waals surface area contributed by atoms with Gasteiger partial charge in [0.25, 0.3) is 11.2 Å². The summed E-state index contributed by atoms with van der Waals surface area (Å²) in [7, 11) is 0. The third-order valence-corrected chi connectivity index (χ3v) is 5.23. The number of aromatic nitrogens is 2. The van der Waals surface area contributed by atoms with Crippen LogP contribution in [0.15, 0.2) is 53.3 Å². The van der Waals surface area contributed by atoms with Crippen LogP contribution in [0.25, 0.3) is 15.2 Å². The van der Waals surface area contributed by atoms with E-state index in [9.17, 15) is 19.7 Å². The molecular formula is C18H10ClN3O5S. The van der Waals surface area contributed by atoms with Crippen LogP contribution >= 0.6 is 22.9 Å². The number of nitrogens with zero attached hydrogens (tertiary/aromatic N) is 3. The first-order valence-corrected chi connectivity index (χ1v) is 9.15. The lowest BCUT2D eigenvalue weighted by Crippen LogP contribution is -2.15. The van der Waals surface area contributed by atoms with E-state index >= 15 is 0 Å². The Morgan fingerprint density at radius 1 is 1.25 bits per heavy atom. The molecule has 0 radical (unpaired) electrons. The standard InChI is InChI=1S/C18H10ClN3O5S/c19-10-5-6-12(14(7-10)22(25)26)17(24)27-9-11-8-16(23)21-13-3-1-2-4-15(13)28-18(21)20-11/h1-8H,9H2. The van der Waals surface area contributed by atoms with Crippen molar-refractivity contribution in [1.29, 1.82) is 0 Å². The van der Waals surface area contributed by atoms with Crippen molar-refractivity contribution in [2.45, 2.75) is 6.61 Å². The number of carbonyl (C=O) groups excluding carboxylic acids is 1. The largest absolute Gasteiger partial charge is 0.455 e. The van der Waals surface area contributed by atoms with E-state index in [-0.39, 0.29) is 28.4 Å². The molecule has 4 rings (SSSR count). The van der Waals surface area contributed by atoms with Crippen molar-refractivity contribution in [2.75, 3.05) is 0 Å². The average Bonchev–Trinajstić information content (AvgIpc) is 3.04. The van der Waals surface area contributed by atoms with Crippen molar-refractivity contribution < 1.29 is 14.5 Å². The van der Waals surface area contributed by atoms with Gasteiger partial charge in [-0.05, 0) is 24.3 Å². The van der Waals surface area contributed by atoms with Gasteiger partial charge in [0.1, 0.15) is 12.2 Å². The Morgan fingerprint density at radius 2 is 2.04 bits per heavy atom. The zero-order valence-corrected chi connectivity index (χ0v) is 15.6. The monoisotopic (exact) mass is 415 g/mol. The predicted molar refractivity (Wildman–Crippen MR) is 104 cm³/mol. The zero-order chi connectivity index (χ0) is 19.8. The highest BCUT2D eigenvalue weighted by molar-refractivity contribution is 7.23. The molecule has 28 heavy (non-hydrogen) atoms. The Labute approximate surface area is 165 Å². The van der Waals surface area contributed by atoms with Crippen molar-refractivity contribution in [3.63, 3.8) is 0 Å². The molecule has 140 valence electrons. The summed E-state index contributed by atoms with van der Waals surface area (Å²) in [5, 5.41) is 11.2. The molecule has 2 aromatic heterocycles. The number of para-hydroxylation sites is 1. The second kappa shape index (κ2) is 7.02. The van der Waals surface area contributed by atoms with Gasteiger partial charge in [0.15, 0.2) is 4.96 Å². The molecule has 0 saturated carbocycles. The van der Waals surface area contributed by atoms with E-state index in [1.807, 2.05) is 24.3 Å². The van der Waals surface area contributed by atoms with E-state index in [2.05, 4.69) is 4.98 Å². The second-order valence-electron chi connectivity index (χ2n) is 5.77. The van der Waals surface area contributed by atoms with Crippen LogP contribution in [-0.4, -0.2) is 20.3 Å². The highest BCUT2D eigenvalue weighted by atomic mass is 35.5. The van der Waals surface area contributed by atoms with Crippen molar-refractivity contribution in [1.82, 2.24) is 9.38 Å². The molecule has 2 aromatic carbocycles. The Balaban J connectivity index is 1.63. The number of carbonyl (C=O) groups is 1. The van der Waals surface area contributed by atoms with Crippen molar-refractivity contribution in [3.8, 4) is 0 Å². The second-order valence-corrected chi connectivity index (χ2v) is 7.21. The molecule has 0 fully saturated rings. The van der Waals surface area contributed by atoms with Gasteiger partial charge in [-0.15, -0.1) is 0 Å². The normalized spacial score (nSPS) is 11.0. The molecule has 4 aromatic rings. The quantitative estimate of drug-likeness (QED) is 0.285. The maximum atomic E-state index is 12.5. The maximum Gasteiger partial charge on any atom is 0.345 e. The van der Waals surface area contributed by atoms with Crippen LogP contribution in [0.4, 0.5) is 5.69 Å². The number of rotatable bonds is 4. The lowest BCUT2D eigenvalue weighted by molar-refractivity contribution is -0.385. The molecule has 0 bridgehead atoms. The molecule has 0 saturated heterocycles. The Bertz CT molecular complexity index is 1310. The summed E-state index contributed by atoms with van der Waals surface area (Å²) >= 11 is 7.08. The Kier molecular flexibility index (Phi) is 4.54. The van der Waals surface area contributed by atoms with Gasteiger partial charge in [-0.1, -0.05) is 35.1 Å². The fourth-order valence-corrected chi connectivity index (χ4v) is 3.96. The third kappa shape index (κ3) is 3.21. The summed E-state index contributed by atoms with van der Waals surface area (Å²) in [6.45, 7) is -0.293. The van der Waals surface area contributed by atoms with Crippen LogP contribution in [0, 0.1) is 10.1 Å². The minimum Gasteiger partial charge on any atom is -0.455 e. The molecule has 0 atom stereocenters. The molecule has 10 heteroatoms. The smallest absolute Gasteiger partial charge is 0.345 e. The number of halogens is 1. The summed E-state index contributed by atoms with van der Waals surface area (Å²) in [6, 6.07) is 12.3. The summed E-state index contributed by atoms with van der Waals surface area (Å²) in [4.78, 5) is 40.0. The van der Waals surface area contributed by atoms with Crippen LogP contribution in [0.3, 0.4) is 0 Å². The van der Waals surface area contributed by atoms with Gasteiger partial charge in [-0.2, -0.15) is 0 Å². The highest BCUT2D eigenvalue weighted by Gasteiger charge is 2.22. The lowest BCUT2D eigenvalue weighted by Gasteiger charge is -2.05. The van der Waals surface area contributed by atoms with Crippen LogP contribution in [0.2, 0.25) is 5.02 Å². The number of thiazole rings is 1. The average molecular weight is 416 g/mol. The maximum absolute atomic E-state index is 12.5. The Hall–Kier alpha value is -3.30. The summed E-state index contributed by atoms with van der Waals surface area (Å²) < 4.78 is 7.51. The molecule has 0 aliphatic carbocycles. The third-order valence-electron chi connectivity index (χ3n) is 3.98.